The molecule has 0 bridgehead atoms. The zero-order chi connectivity index (χ0) is 11.0. The second kappa shape index (κ2) is 3.38. The zero-order valence-electron chi connectivity index (χ0n) is 8.93. The highest BCUT2D eigenvalue weighted by molar-refractivity contribution is 5.64. The van der Waals surface area contributed by atoms with Crippen molar-refractivity contribution in [2.45, 2.75) is 19.8 Å². The van der Waals surface area contributed by atoms with E-state index in [1.807, 2.05) is 13.8 Å². The van der Waals surface area contributed by atoms with E-state index in [4.69, 9.17) is 10.5 Å². The average molecular weight is 207 g/mol. The zero-order valence-corrected chi connectivity index (χ0v) is 8.93. The van der Waals surface area contributed by atoms with Gasteiger partial charge < -0.3 is 10.5 Å². The molecule has 0 aliphatic heterocycles. The molecular formula is C9H13N5O. The molecule has 2 heterocycles. The summed E-state index contributed by atoms with van der Waals surface area (Å²) in [7, 11) is 1.55. The molecule has 6 heteroatoms. The van der Waals surface area contributed by atoms with Crippen LogP contribution in [0, 0.1) is 0 Å². The first-order valence-corrected chi connectivity index (χ1v) is 4.69. The van der Waals surface area contributed by atoms with Gasteiger partial charge in [0.15, 0.2) is 5.82 Å². The maximum atomic E-state index is 5.80. The third kappa shape index (κ3) is 1.47. The lowest BCUT2D eigenvalue weighted by atomic mass is 10.2. The quantitative estimate of drug-likeness (QED) is 0.789. The lowest BCUT2D eigenvalue weighted by Crippen LogP contribution is -2.04. The third-order valence-electron chi connectivity index (χ3n) is 2.13. The summed E-state index contributed by atoms with van der Waals surface area (Å²) in [6.07, 6.45) is 0. The Morgan fingerprint density at radius 1 is 1.40 bits per heavy atom. The van der Waals surface area contributed by atoms with Crippen molar-refractivity contribution in [3.63, 3.8) is 0 Å². The van der Waals surface area contributed by atoms with Crippen molar-refractivity contribution < 1.29 is 4.74 Å². The van der Waals surface area contributed by atoms with Gasteiger partial charge in [-0.2, -0.15) is 4.52 Å². The van der Waals surface area contributed by atoms with Gasteiger partial charge in [-0.1, -0.05) is 13.8 Å². The molecule has 2 aromatic rings. The molecule has 0 fully saturated rings. The first-order valence-electron chi connectivity index (χ1n) is 4.69. The normalized spacial score (nSPS) is 11.2. The minimum Gasteiger partial charge on any atom is -0.480 e. The largest absolute Gasteiger partial charge is 0.480 e. The van der Waals surface area contributed by atoms with E-state index in [-0.39, 0.29) is 5.92 Å². The molecule has 0 saturated carbocycles. The fourth-order valence-electron chi connectivity index (χ4n) is 1.36. The minimum atomic E-state index is 0.235. The lowest BCUT2D eigenvalue weighted by molar-refractivity contribution is 0.389. The van der Waals surface area contributed by atoms with Crippen molar-refractivity contribution >= 4 is 11.3 Å². The van der Waals surface area contributed by atoms with E-state index in [2.05, 4.69) is 15.3 Å². The Labute approximate surface area is 87.1 Å². The second-order valence-corrected chi connectivity index (χ2v) is 3.59. The average Bonchev–Trinajstić information content (AvgIpc) is 2.61. The number of ether oxygens (including phenoxy) is 1. The molecule has 0 saturated heterocycles. The second-order valence-electron chi connectivity index (χ2n) is 3.59. The van der Waals surface area contributed by atoms with Gasteiger partial charge in [-0.15, -0.1) is 15.3 Å². The minimum absolute atomic E-state index is 0.235. The Bertz CT molecular complexity index is 490. The first-order chi connectivity index (χ1) is 7.13. The molecule has 0 radical (unpaired) electrons. The van der Waals surface area contributed by atoms with E-state index in [9.17, 15) is 0 Å². The van der Waals surface area contributed by atoms with Crippen molar-refractivity contribution in [3.8, 4) is 5.88 Å². The predicted molar refractivity (Wildman–Crippen MR) is 55.8 cm³/mol. The number of nitrogens with two attached hydrogens (primary N) is 1. The monoisotopic (exact) mass is 207 g/mol. The maximum Gasteiger partial charge on any atom is 0.233 e. The molecule has 0 spiro atoms. The third-order valence-corrected chi connectivity index (χ3v) is 2.13. The van der Waals surface area contributed by atoms with Crippen LogP contribution in [0.1, 0.15) is 25.6 Å². The Morgan fingerprint density at radius 3 is 2.73 bits per heavy atom. The molecule has 2 aromatic heterocycles. The van der Waals surface area contributed by atoms with Crippen LogP contribution in [0.15, 0.2) is 6.07 Å². The molecule has 0 aliphatic carbocycles. The number of anilines is 1. The maximum absolute atomic E-state index is 5.80. The Kier molecular flexibility index (Phi) is 2.18. The topological polar surface area (TPSA) is 78.3 Å². The molecule has 0 aliphatic rings. The van der Waals surface area contributed by atoms with Crippen LogP contribution in [0.25, 0.3) is 5.65 Å². The van der Waals surface area contributed by atoms with Gasteiger partial charge in [0.1, 0.15) is 0 Å². The van der Waals surface area contributed by atoms with Gasteiger partial charge in [0.2, 0.25) is 11.5 Å². The SMILES string of the molecule is COc1cc(N)c2nnc(C(C)C)n2n1. The fraction of sp³-hybridized carbons (Fsp3) is 0.444. The summed E-state index contributed by atoms with van der Waals surface area (Å²) in [5.74, 6) is 1.47. The molecule has 2 N–H and O–H groups in total. The van der Waals surface area contributed by atoms with Gasteiger partial charge in [0.05, 0.1) is 12.8 Å². The van der Waals surface area contributed by atoms with Crippen LogP contribution in [0.5, 0.6) is 5.88 Å². The summed E-state index contributed by atoms with van der Waals surface area (Å²) in [6, 6.07) is 1.63. The number of methoxy groups -OCH3 is 1. The Balaban J connectivity index is 2.72. The smallest absolute Gasteiger partial charge is 0.233 e. The van der Waals surface area contributed by atoms with Gasteiger partial charge in [0.25, 0.3) is 0 Å². The number of fused-ring (bicyclic) bond motifs is 1. The Morgan fingerprint density at radius 2 is 2.13 bits per heavy atom. The summed E-state index contributed by atoms with van der Waals surface area (Å²) >= 11 is 0. The van der Waals surface area contributed by atoms with Crippen LogP contribution in [0.3, 0.4) is 0 Å². The number of aromatic nitrogens is 4. The van der Waals surface area contributed by atoms with Crippen LogP contribution in [0.2, 0.25) is 0 Å². The predicted octanol–water partition coefficient (Wildman–Crippen LogP) is 0.838. The summed E-state index contributed by atoms with van der Waals surface area (Å²) in [4.78, 5) is 0. The molecule has 0 aromatic carbocycles. The van der Waals surface area contributed by atoms with E-state index in [0.29, 0.717) is 17.2 Å². The molecule has 0 amide bonds. The number of rotatable bonds is 2. The van der Waals surface area contributed by atoms with Gasteiger partial charge in [-0.3, -0.25) is 0 Å². The number of nitrogens with zero attached hydrogens (tertiary/aromatic N) is 4. The molecule has 0 unspecified atom stereocenters. The van der Waals surface area contributed by atoms with Crippen LogP contribution >= 0.6 is 0 Å². The van der Waals surface area contributed by atoms with Crippen molar-refractivity contribution in [1.82, 2.24) is 19.8 Å². The van der Waals surface area contributed by atoms with Crippen LogP contribution in [0.4, 0.5) is 5.69 Å². The summed E-state index contributed by atoms with van der Waals surface area (Å²) in [5.41, 5.74) is 6.89. The van der Waals surface area contributed by atoms with Crippen molar-refractivity contribution in [2.75, 3.05) is 12.8 Å². The van der Waals surface area contributed by atoms with Crippen LogP contribution in [-0.2, 0) is 0 Å². The van der Waals surface area contributed by atoms with Crippen molar-refractivity contribution in [3.05, 3.63) is 11.9 Å². The van der Waals surface area contributed by atoms with Gasteiger partial charge in [-0.05, 0) is 0 Å². The molecular weight excluding hydrogens is 194 g/mol. The van der Waals surface area contributed by atoms with E-state index >= 15 is 0 Å². The van der Waals surface area contributed by atoms with Gasteiger partial charge in [-0.25, -0.2) is 0 Å². The summed E-state index contributed by atoms with van der Waals surface area (Å²) < 4.78 is 6.66. The molecule has 80 valence electrons. The van der Waals surface area contributed by atoms with Crippen LogP contribution < -0.4 is 10.5 Å². The highest BCUT2D eigenvalue weighted by Crippen LogP contribution is 2.20. The van der Waals surface area contributed by atoms with Crippen molar-refractivity contribution in [2.24, 2.45) is 0 Å². The molecule has 15 heavy (non-hydrogen) atoms. The fourth-order valence-corrected chi connectivity index (χ4v) is 1.36. The highest BCUT2D eigenvalue weighted by atomic mass is 16.5. The van der Waals surface area contributed by atoms with E-state index < -0.39 is 0 Å². The summed E-state index contributed by atoms with van der Waals surface area (Å²) in [5, 5.41) is 12.3. The molecule has 0 atom stereocenters. The number of hydrogen-bond donors (Lipinski definition) is 1. The first kappa shape index (κ1) is 9.70. The Hall–Kier alpha value is -1.85. The van der Waals surface area contributed by atoms with Crippen molar-refractivity contribution in [1.29, 1.82) is 0 Å². The summed E-state index contributed by atoms with van der Waals surface area (Å²) in [6.45, 7) is 4.04. The lowest BCUT2D eigenvalue weighted by Gasteiger charge is -2.04. The molecule has 2 rings (SSSR count). The van der Waals surface area contributed by atoms with E-state index in [0.717, 1.165) is 5.82 Å². The van der Waals surface area contributed by atoms with Crippen LogP contribution in [-0.4, -0.2) is 26.9 Å². The van der Waals surface area contributed by atoms with Gasteiger partial charge >= 0.3 is 0 Å². The van der Waals surface area contributed by atoms with Gasteiger partial charge in [0, 0.05) is 12.0 Å². The van der Waals surface area contributed by atoms with E-state index in [1.165, 1.54) is 0 Å². The van der Waals surface area contributed by atoms with E-state index in [1.54, 1.807) is 17.7 Å². The molecule has 6 nitrogen and oxygen atoms in total. The number of hydrogen-bond acceptors (Lipinski definition) is 5. The highest BCUT2D eigenvalue weighted by Gasteiger charge is 2.13. The number of nitrogen functional groups attached to an aromatic ring is 1. The standard InChI is InChI=1S/C9H13N5O/c1-5(2)8-11-12-9-6(10)4-7(15-3)13-14(8)9/h4-5H,10H2,1-3H3.